The third-order valence-electron chi connectivity index (χ3n) is 6.84. The molecule has 202 valence electrons. The van der Waals surface area contributed by atoms with Gasteiger partial charge in [-0.1, -0.05) is 48.2 Å². The van der Waals surface area contributed by atoms with Crippen LogP contribution in [0.25, 0.3) is 5.69 Å². The molecule has 0 aliphatic carbocycles. The fourth-order valence-electron chi connectivity index (χ4n) is 4.85. The lowest BCUT2D eigenvalue weighted by Crippen LogP contribution is -2.39. The Hall–Kier alpha value is -4.12. The quantitative estimate of drug-likeness (QED) is 0.309. The second kappa shape index (κ2) is 12.2. The van der Waals surface area contributed by atoms with Crippen molar-refractivity contribution >= 4 is 17.7 Å². The Morgan fingerprint density at radius 2 is 1.82 bits per heavy atom. The zero-order valence-corrected chi connectivity index (χ0v) is 22.4. The van der Waals surface area contributed by atoms with E-state index in [-0.39, 0.29) is 18.1 Å². The molecule has 1 saturated heterocycles. The molecule has 11 heteroatoms. The summed E-state index contributed by atoms with van der Waals surface area (Å²) in [6.45, 7) is 1.50. The summed E-state index contributed by atoms with van der Waals surface area (Å²) in [6.07, 6.45) is 3.20. The normalized spacial score (nSPS) is 13.9. The second-order valence-electron chi connectivity index (χ2n) is 9.53. The summed E-state index contributed by atoms with van der Waals surface area (Å²) in [7, 11) is 1.59. The number of rotatable bonds is 9. The number of H-pyrrole nitrogens is 2. The molecule has 0 saturated carbocycles. The van der Waals surface area contributed by atoms with Crippen molar-refractivity contribution in [3.05, 3.63) is 98.6 Å². The number of ether oxygens (including phenoxy) is 1. The maximum Gasteiger partial charge on any atom is 0.325 e. The minimum Gasteiger partial charge on any atom is -0.497 e. The lowest BCUT2D eigenvalue weighted by Gasteiger charge is -2.32. The molecular weight excluding hydrogens is 516 g/mol. The third kappa shape index (κ3) is 6.66. The number of nitrogens with one attached hydrogen (secondary N) is 2. The van der Waals surface area contributed by atoms with E-state index in [1.165, 1.54) is 23.4 Å². The molecule has 1 aliphatic rings. The van der Waals surface area contributed by atoms with E-state index in [4.69, 9.17) is 4.74 Å². The van der Waals surface area contributed by atoms with Gasteiger partial charge < -0.3 is 14.6 Å². The van der Waals surface area contributed by atoms with E-state index in [1.807, 2.05) is 39.8 Å². The van der Waals surface area contributed by atoms with Gasteiger partial charge in [0.1, 0.15) is 11.6 Å². The van der Waals surface area contributed by atoms with E-state index < -0.39 is 11.2 Å². The highest BCUT2D eigenvalue weighted by Gasteiger charge is 2.24. The Balaban J connectivity index is 1.29. The molecule has 0 atom stereocenters. The molecule has 1 amide bonds. The summed E-state index contributed by atoms with van der Waals surface area (Å²) in [6, 6.07) is 19.2. The summed E-state index contributed by atoms with van der Waals surface area (Å²) in [5.74, 6) is 2.05. The van der Waals surface area contributed by atoms with Crippen LogP contribution in [0.1, 0.15) is 29.9 Å². The van der Waals surface area contributed by atoms with Crippen LogP contribution in [-0.4, -0.2) is 61.5 Å². The Morgan fingerprint density at radius 3 is 2.56 bits per heavy atom. The molecule has 0 spiro atoms. The van der Waals surface area contributed by atoms with E-state index in [0.29, 0.717) is 28.3 Å². The van der Waals surface area contributed by atoms with Crippen LogP contribution in [0.15, 0.2) is 75.4 Å². The number of aromatic nitrogens is 5. The number of piperidine rings is 1. The number of hydrogen-bond donors (Lipinski definition) is 2. The number of hydrogen-bond acceptors (Lipinski definition) is 7. The van der Waals surface area contributed by atoms with Crippen molar-refractivity contribution in [3.63, 3.8) is 0 Å². The first-order valence-corrected chi connectivity index (χ1v) is 13.8. The van der Waals surface area contributed by atoms with Gasteiger partial charge in [0.2, 0.25) is 5.91 Å². The average Bonchev–Trinajstić information content (AvgIpc) is 3.34. The molecule has 2 aromatic heterocycles. The number of benzene rings is 2. The standard InChI is InChI=1S/C28H30N6O4S/c1-38-23-9-5-8-22(17-23)34-24(15-21-16-25(35)30-27(37)29-21)31-32-28(34)39-18-26(36)33-12-10-20(11-13-33)14-19-6-3-2-4-7-19/h2-9,16-17,20H,10-15,18H2,1H3,(H2,29,30,35,37). The highest BCUT2D eigenvalue weighted by molar-refractivity contribution is 7.99. The zero-order chi connectivity index (χ0) is 27.2. The maximum atomic E-state index is 13.1. The SMILES string of the molecule is COc1cccc(-n2c(Cc3cc(=O)[nH]c(=O)[nH]3)nnc2SCC(=O)N2CCC(Cc3ccccc3)CC2)c1. The number of carbonyl (C=O) groups is 1. The molecule has 2 aromatic carbocycles. The molecule has 4 aromatic rings. The minimum absolute atomic E-state index is 0.0684. The Morgan fingerprint density at radius 1 is 1.03 bits per heavy atom. The number of likely N-dealkylation sites (tertiary alicyclic amines) is 1. The summed E-state index contributed by atoms with van der Waals surface area (Å²) < 4.78 is 7.22. The lowest BCUT2D eigenvalue weighted by atomic mass is 9.90. The number of aromatic amines is 2. The first kappa shape index (κ1) is 26.5. The number of nitrogens with zero attached hydrogens (tertiary/aromatic N) is 4. The summed E-state index contributed by atoms with van der Waals surface area (Å²) in [5.41, 5.74) is 1.42. The summed E-state index contributed by atoms with van der Waals surface area (Å²) in [5, 5.41) is 9.23. The van der Waals surface area contributed by atoms with Crippen molar-refractivity contribution < 1.29 is 9.53 Å². The van der Waals surface area contributed by atoms with Crippen molar-refractivity contribution in [2.45, 2.75) is 30.8 Å². The van der Waals surface area contributed by atoms with E-state index in [1.54, 1.807) is 7.11 Å². The van der Waals surface area contributed by atoms with E-state index in [0.717, 1.165) is 38.0 Å². The van der Waals surface area contributed by atoms with Gasteiger partial charge in [-0.25, -0.2) is 4.79 Å². The van der Waals surface area contributed by atoms with E-state index in [2.05, 4.69) is 44.4 Å². The van der Waals surface area contributed by atoms with Gasteiger partial charge in [0.15, 0.2) is 5.16 Å². The summed E-state index contributed by atoms with van der Waals surface area (Å²) in [4.78, 5) is 43.4. The molecular formula is C28H30N6O4S. The van der Waals surface area contributed by atoms with Gasteiger partial charge in [0.05, 0.1) is 18.6 Å². The number of carbonyl (C=O) groups excluding carboxylic acids is 1. The van der Waals surface area contributed by atoms with Crippen molar-refractivity contribution in [2.24, 2.45) is 5.92 Å². The largest absolute Gasteiger partial charge is 0.497 e. The first-order valence-electron chi connectivity index (χ1n) is 12.8. The van der Waals surface area contributed by atoms with Gasteiger partial charge >= 0.3 is 5.69 Å². The molecule has 0 radical (unpaired) electrons. The molecule has 1 aliphatic heterocycles. The van der Waals surface area contributed by atoms with Gasteiger partial charge in [0.25, 0.3) is 5.56 Å². The second-order valence-corrected chi connectivity index (χ2v) is 10.5. The van der Waals surface area contributed by atoms with Gasteiger partial charge in [-0.05, 0) is 42.9 Å². The van der Waals surface area contributed by atoms with Crippen LogP contribution in [0.4, 0.5) is 0 Å². The molecule has 10 nitrogen and oxygen atoms in total. The van der Waals surface area contributed by atoms with Gasteiger partial charge in [0, 0.05) is 37.3 Å². The molecule has 0 unspecified atom stereocenters. The first-order chi connectivity index (χ1) is 19.0. The highest BCUT2D eigenvalue weighted by Crippen LogP contribution is 2.27. The van der Waals surface area contributed by atoms with Gasteiger partial charge in [-0.3, -0.25) is 19.1 Å². The third-order valence-corrected chi connectivity index (χ3v) is 7.75. The van der Waals surface area contributed by atoms with Crippen LogP contribution in [0.3, 0.4) is 0 Å². The molecule has 0 bridgehead atoms. The minimum atomic E-state index is -0.585. The topological polar surface area (TPSA) is 126 Å². The maximum absolute atomic E-state index is 13.1. The molecule has 2 N–H and O–H groups in total. The fraction of sp³-hybridized carbons (Fsp3) is 0.321. The van der Waals surface area contributed by atoms with Crippen LogP contribution in [0.5, 0.6) is 5.75 Å². The van der Waals surface area contributed by atoms with Crippen LogP contribution in [0.2, 0.25) is 0 Å². The van der Waals surface area contributed by atoms with E-state index >= 15 is 0 Å². The summed E-state index contributed by atoms with van der Waals surface area (Å²) >= 11 is 1.32. The van der Waals surface area contributed by atoms with Crippen molar-refractivity contribution in [3.8, 4) is 11.4 Å². The van der Waals surface area contributed by atoms with Crippen molar-refractivity contribution in [2.75, 3.05) is 26.0 Å². The smallest absolute Gasteiger partial charge is 0.325 e. The zero-order valence-electron chi connectivity index (χ0n) is 21.6. The van der Waals surface area contributed by atoms with Gasteiger partial charge in [-0.2, -0.15) is 0 Å². The van der Waals surface area contributed by atoms with Crippen LogP contribution in [-0.2, 0) is 17.6 Å². The number of thioether (sulfide) groups is 1. The molecule has 1 fully saturated rings. The number of methoxy groups -OCH3 is 1. The van der Waals surface area contributed by atoms with Crippen LogP contribution >= 0.6 is 11.8 Å². The molecule has 39 heavy (non-hydrogen) atoms. The number of amides is 1. The van der Waals surface area contributed by atoms with E-state index in [9.17, 15) is 14.4 Å². The van der Waals surface area contributed by atoms with Crippen LogP contribution < -0.4 is 16.0 Å². The van der Waals surface area contributed by atoms with Gasteiger partial charge in [-0.15, -0.1) is 10.2 Å². The predicted molar refractivity (Wildman–Crippen MR) is 149 cm³/mol. The Kier molecular flexibility index (Phi) is 8.26. The Labute approximate surface area is 229 Å². The lowest BCUT2D eigenvalue weighted by molar-refractivity contribution is -0.129. The van der Waals surface area contributed by atoms with Crippen molar-refractivity contribution in [1.29, 1.82) is 0 Å². The molecule has 3 heterocycles. The van der Waals surface area contributed by atoms with Crippen LogP contribution in [0, 0.1) is 5.92 Å². The monoisotopic (exact) mass is 546 g/mol. The predicted octanol–water partition coefficient (Wildman–Crippen LogP) is 2.82. The fourth-order valence-corrected chi connectivity index (χ4v) is 5.73. The average molecular weight is 547 g/mol. The Bertz CT molecular complexity index is 1510. The van der Waals surface area contributed by atoms with Crippen molar-refractivity contribution in [1.82, 2.24) is 29.6 Å². The highest BCUT2D eigenvalue weighted by atomic mass is 32.2. The molecule has 5 rings (SSSR count).